The van der Waals surface area contributed by atoms with Crippen LogP contribution in [0.1, 0.15) is 45.7 Å². The van der Waals surface area contributed by atoms with Crippen LogP contribution in [0.15, 0.2) is 36.7 Å². The lowest BCUT2D eigenvalue weighted by Crippen LogP contribution is -2.36. The first kappa shape index (κ1) is 36.9. The molecule has 0 aliphatic carbocycles. The number of alkyl halides is 5. The molecule has 2 heterocycles. The van der Waals surface area contributed by atoms with Crippen molar-refractivity contribution >= 4 is 34.8 Å². The quantitative estimate of drug-likeness (QED) is 0.193. The number of halogens is 7. The molecule has 0 aliphatic rings. The number of hydrogen-bond acceptors (Lipinski definition) is 5. The number of nitrogens with zero attached hydrogens (tertiary/aromatic N) is 3. The van der Waals surface area contributed by atoms with Crippen LogP contribution in [-0.2, 0) is 12.4 Å². The van der Waals surface area contributed by atoms with Crippen molar-refractivity contribution in [3.8, 4) is 0 Å². The maximum atomic E-state index is 11.7. The molecule has 2 aromatic heterocycles. The molecular weight excluding hydrogens is 541 g/mol. The highest BCUT2D eigenvalue weighted by atomic mass is 35.5. The monoisotopic (exact) mass is 577 g/mol. The van der Waals surface area contributed by atoms with Gasteiger partial charge in [-0.2, -0.15) is 0 Å². The van der Waals surface area contributed by atoms with Crippen LogP contribution < -0.4 is 11.1 Å². The van der Waals surface area contributed by atoms with Gasteiger partial charge in [-0.25, -0.2) is 27.5 Å². The fraction of sp³-hybridized carbons (Fsp3) is 0.583. The Morgan fingerprint density at radius 3 is 1.56 bits per heavy atom. The number of rotatable bonds is 9. The molecule has 36 heavy (non-hydrogen) atoms. The van der Waals surface area contributed by atoms with Crippen molar-refractivity contribution in [2.75, 3.05) is 19.6 Å². The Bertz CT molecular complexity index is 744. The maximum Gasteiger partial charge on any atom is 0.250 e. The van der Waals surface area contributed by atoms with Gasteiger partial charge < -0.3 is 11.1 Å². The highest BCUT2D eigenvalue weighted by Crippen LogP contribution is 2.07. The van der Waals surface area contributed by atoms with Gasteiger partial charge >= 0.3 is 0 Å². The summed E-state index contributed by atoms with van der Waals surface area (Å²) in [5, 5.41) is 3.49. The molecule has 0 aliphatic heterocycles. The number of hydrogen-bond donors (Lipinski definition) is 2. The average Bonchev–Trinajstić information content (AvgIpc) is 2.82. The summed E-state index contributed by atoms with van der Waals surface area (Å²) >= 11 is 16.6. The first-order chi connectivity index (χ1) is 16.9. The van der Waals surface area contributed by atoms with Crippen LogP contribution >= 0.6 is 34.8 Å². The highest BCUT2D eigenvalue weighted by molar-refractivity contribution is 6.29. The second-order valence-electron chi connectivity index (χ2n) is 7.78. The Hall–Kier alpha value is -1.23. The van der Waals surface area contributed by atoms with Gasteiger partial charge in [-0.1, -0.05) is 42.3 Å². The highest BCUT2D eigenvalue weighted by Gasteiger charge is 2.09. The molecule has 0 aromatic carbocycles. The topological polar surface area (TPSA) is 67.1 Å². The second kappa shape index (κ2) is 22.9. The van der Waals surface area contributed by atoms with E-state index in [-0.39, 0.29) is 6.54 Å². The molecule has 0 atom stereocenters. The minimum absolute atomic E-state index is 0.303. The SMILES string of the molecule is CCN(C(C)C)C(C)C.ClCc1ccc(Cl)nc1.FC(F)CNCc1ccc(Cl)nc1.NCC(F)F. The third-order valence-electron chi connectivity index (χ3n) is 4.23. The fourth-order valence-electron chi connectivity index (χ4n) is 2.65. The lowest BCUT2D eigenvalue weighted by molar-refractivity contribution is 0.145. The molecule has 0 bridgehead atoms. The predicted octanol–water partition coefficient (Wildman–Crippen LogP) is 6.90. The molecule has 2 rings (SSSR count). The summed E-state index contributed by atoms with van der Waals surface area (Å²) in [4.78, 5) is 10.1. The van der Waals surface area contributed by atoms with Gasteiger partial charge in [0.15, 0.2) is 0 Å². The molecule has 0 unspecified atom stereocenters. The fourth-order valence-corrected chi connectivity index (χ4v) is 3.03. The molecule has 0 fully saturated rings. The van der Waals surface area contributed by atoms with Gasteiger partial charge in [-0.15, -0.1) is 11.6 Å². The summed E-state index contributed by atoms with van der Waals surface area (Å²) < 4.78 is 44.7. The van der Waals surface area contributed by atoms with E-state index in [2.05, 4.69) is 60.5 Å². The van der Waals surface area contributed by atoms with E-state index < -0.39 is 19.4 Å². The van der Waals surface area contributed by atoms with Gasteiger partial charge in [0.25, 0.3) is 12.9 Å². The number of pyridine rings is 2. The van der Waals surface area contributed by atoms with Gasteiger partial charge in [0.1, 0.15) is 10.3 Å². The first-order valence-corrected chi connectivity index (χ1v) is 12.7. The van der Waals surface area contributed by atoms with Gasteiger partial charge in [0.05, 0.1) is 13.1 Å². The minimum atomic E-state index is -2.34. The van der Waals surface area contributed by atoms with Gasteiger partial charge in [0, 0.05) is 36.9 Å². The molecular formula is C24H38Cl3F4N5. The largest absolute Gasteiger partial charge is 0.325 e. The van der Waals surface area contributed by atoms with Crippen molar-refractivity contribution in [3.63, 3.8) is 0 Å². The van der Waals surface area contributed by atoms with E-state index in [1.165, 1.54) is 0 Å². The molecule has 12 heteroatoms. The van der Waals surface area contributed by atoms with Crippen LogP contribution in [0.5, 0.6) is 0 Å². The molecule has 5 nitrogen and oxygen atoms in total. The third-order valence-corrected chi connectivity index (χ3v) is 4.99. The van der Waals surface area contributed by atoms with Gasteiger partial charge in [-0.3, -0.25) is 4.90 Å². The maximum absolute atomic E-state index is 11.7. The minimum Gasteiger partial charge on any atom is -0.325 e. The molecule has 0 saturated heterocycles. The average molecular weight is 579 g/mol. The van der Waals surface area contributed by atoms with E-state index in [0.29, 0.717) is 34.8 Å². The third kappa shape index (κ3) is 22.0. The number of nitrogens with two attached hydrogens (primary N) is 1. The second-order valence-corrected chi connectivity index (χ2v) is 8.82. The summed E-state index contributed by atoms with van der Waals surface area (Å²) in [6, 6.07) is 8.32. The van der Waals surface area contributed by atoms with E-state index in [4.69, 9.17) is 34.8 Å². The van der Waals surface area contributed by atoms with Crippen LogP contribution in [0.25, 0.3) is 0 Å². The molecule has 0 amide bonds. The van der Waals surface area contributed by atoms with Crippen molar-refractivity contribution in [1.82, 2.24) is 20.2 Å². The summed E-state index contributed by atoms with van der Waals surface area (Å²) in [5.41, 5.74) is 6.25. The van der Waals surface area contributed by atoms with Crippen molar-refractivity contribution in [1.29, 1.82) is 0 Å². The molecule has 0 spiro atoms. The summed E-state index contributed by atoms with van der Waals surface area (Å²) in [6.07, 6.45) is -1.44. The Morgan fingerprint density at radius 2 is 1.31 bits per heavy atom. The Labute approximate surface area is 227 Å². The van der Waals surface area contributed by atoms with Crippen LogP contribution in [0.4, 0.5) is 17.6 Å². The van der Waals surface area contributed by atoms with E-state index in [1.807, 2.05) is 6.07 Å². The zero-order valence-corrected chi connectivity index (χ0v) is 23.6. The summed E-state index contributed by atoms with van der Waals surface area (Å²) in [5.74, 6) is 0.490. The van der Waals surface area contributed by atoms with Crippen LogP contribution in [0.2, 0.25) is 10.3 Å². The van der Waals surface area contributed by atoms with E-state index in [9.17, 15) is 17.6 Å². The summed E-state index contributed by atoms with van der Waals surface area (Å²) in [7, 11) is 0. The summed E-state index contributed by atoms with van der Waals surface area (Å²) in [6.45, 7) is 11.9. The van der Waals surface area contributed by atoms with Crippen LogP contribution in [0.3, 0.4) is 0 Å². The Balaban J connectivity index is 0. The number of aromatic nitrogens is 2. The molecule has 0 saturated carbocycles. The standard InChI is InChI=1S/C8H9ClF2N2.C8H19N.C6H5Cl2N.C2H5F2N/c9-7-2-1-6(4-13-7)3-12-5-8(10)11;1-6-9(7(2)3)8(4)5;7-3-5-1-2-6(8)9-4-5;3-2(4)1-5/h1-2,4,8,12H,3,5H2;7-8H,6H2,1-5H3;1-2,4H,3H2;2H,1,5H2. The van der Waals surface area contributed by atoms with E-state index in [1.54, 1.807) is 30.6 Å². The van der Waals surface area contributed by atoms with Crippen LogP contribution in [0, 0.1) is 0 Å². The van der Waals surface area contributed by atoms with Crippen molar-refractivity contribution in [2.24, 2.45) is 5.73 Å². The zero-order chi connectivity index (χ0) is 28.1. The van der Waals surface area contributed by atoms with Crippen molar-refractivity contribution in [2.45, 2.75) is 72.0 Å². The smallest absolute Gasteiger partial charge is 0.250 e. The zero-order valence-electron chi connectivity index (χ0n) is 21.4. The van der Waals surface area contributed by atoms with Gasteiger partial charge in [0.2, 0.25) is 0 Å². The molecule has 208 valence electrons. The lowest BCUT2D eigenvalue weighted by atomic mass is 10.2. The first-order valence-electron chi connectivity index (χ1n) is 11.4. The molecule has 3 N–H and O–H groups in total. The van der Waals surface area contributed by atoms with Crippen LogP contribution in [-0.4, -0.2) is 59.4 Å². The molecule has 0 radical (unpaired) electrons. The number of nitrogens with one attached hydrogen (secondary N) is 1. The normalized spacial score (nSPS) is 10.6. The van der Waals surface area contributed by atoms with E-state index >= 15 is 0 Å². The van der Waals surface area contributed by atoms with Crippen molar-refractivity contribution in [3.05, 3.63) is 58.1 Å². The predicted molar refractivity (Wildman–Crippen MR) is 143 cm³/mol. The Morgan fingerprint density at radius 1 is 0.861 bits per heavy atom. The molecule has 2 aromatic rings. The lowest BCUT2D eigenvalue weighted by Gasteiger charge is -2.28. The van der Waals surface area contributed by atoms with Gasteiger partial charge in [-0.05, 0) is 57.5 Å². The van der Waals surface area contributed by atoms with E-state index in [0.717, 1.165) is 17.7 Å². The Kier molecular flexibility index (Phi) is 23.5. The van der Waals surface area contributed by atoms with Crippen molar-refractivity contribution < 1.29 is 17.6 Å².